The minimum Gasteiger partial charge on any atom is -0.494 e. The number of piperidine rings is 1. The molecule has 2 aromatic rings. The van der Waals surface area contributed by atoms with E-state index < -0.39 is 5.97 Å². The molecule has 8 heteroatoms. The van der Waals surface area contributed by atoms with E-state index in [4.69, 9.17) is 9.72 Å². The van der Waals surface area contributed by atoms with Crippen LogP contribution in [-0.4, -0.2) is 58.2 Å². The highest BCUT2D eigenvalue weighted by atomic mass is 16.5. The molecule has 1 aliphatic heterocycles. The SMILES string of the molecule is COc1cccc2[nH]c(C[C@H]3CN(C(=O)NC4CCCCC4)CC[C@H]3CC(=O)O)nc12. The third-order valence-corrected chi connectivity index (χ3v) is 6.75. The fourth-order valence-corrected chi connectivity index (χ4v) is 5.07. The molecular formula is C23H32N4O4. The van der Waals surface area contributed by atoms with Crippen molar-refractivity contribution < 1.29 is 19.4 Å². The molecule has 2 heterocycles. The van der Waals surface area contributed by atoms with Gasteiger partial charge in [-0.25, -0.2) is 9.78 Å². The molecule has 3 N–H and O–H groups in total. The molecule has 0 bridgehead atoms. The van der Waals surface area contributed by atoms with Gasteiger partial charge in [-0.1, -0.05) is 25.3 Å². The van der Waals surface area contributed by atoms with Crippen molar-refractivity contribution in [3.63, 3.8) is 0 Å². The van der Waals surface area contributed by atoms with E-state index in [1.807, 2.05) is 23.1 Å². The molecule has 4 rings (SSSR count). The van der Waals surface area contributed by atoms with Crippen LogP contribution < -0.4 is 10.1 Å². The van der Waals surface area contributed by atoms with Gasteiger partial charge in [0.1, 0.15) is 17.1 Å². The van der Waals surface area contributed by atoms with Crippen LogP contribution in [0.1, 0.15) is 50.8 Å². The maximum Gasteiger partial charge on any atom is 0.317 e. The van der Waals surface area contributed by atoms with E-state index >= 15 is 0 Å². The number of methoxy groups -OCH3 is 1. The summed E-state index contributed by atoms with van der Waals surface area (Å²) in [6.07, 6.45) is 7.09. The maximum absolute atomic E-state index is 12.9. The summed E-state index contributed by atoms with van der Waals surface area (Å²) in [7, 11) is 1.62. The van der Waals surface area contributed by atoms with Gasteiger partial charge in [0, 0.05) is 32.0 Å². The van der Waals surface area contributed by atoms with Crippen molar-refractivity contribution >= 4 is 23.0 Å². The van der Waals surface area contributed by atoms with Gasteiger partial charge in [0.15, 0.2) is 0 Å². The van der Waals surface area contributed by atoms with Crippen LogP contribution in [0.15, 0.2) is 18.2 Å². The van der Waals surface area contributed by atoms with Crippen LogP contribution in [0, 0.1) is 11.8 Å². The Morgan fingerprint density at radius 3 is 2.77 bits per heavy atom. The number of ether oxygens (including phenoxy) is 1. The number of H-pyrrole nitrogens is 1. The Bertz CT molecular complexity index is 921. The normalized spacial score (nSPS) is 22.4. The molecule has 1 aromatic carbocycles. The van der Waals surface area contributed by atoms with Crippen molar-refractivity contribution in [2.24, 2.45) is 11.8 Å². The Hall–Kier alpha value is -2.77. The predicted molar refractivity (Wildman–Crippen MR) is 117 cm³/mol. The van der Waals surface area contributed by atoms with Crippen molar-refractivity contribution in [1.29, 1.82) is 0 Å². The van der Waals surface area contributed by atoms with Gasteiger partial charge in [-0.05, 0) is 43.2 Å². The predicted octanol–water partition coefficient (Wildman–Crippen LogP) is 3.57. The first-order valence-corrected chi connectivity index (χ1v) is 11.3. The summed E-state index contributed by atoms with van der Waals surface area (Å²) in [4.78, 5) is 34.2. The Morgan fingerprint density at radius 2 is 2.03 bits per heavy atom. The summed E-state index contributed by atoms with van der Waals surface area (Å²) in [5.74, 6) is 0.773. The number of carbonyl (C=O) groups is 2. The van der Waals surface area contributed by atoms with Crippen molar-refractivity contribution in [3.05, 3.63) is 24.0 Å². The second-order valence-corrected chi connectivity index (χ2v) is 8.88. The lowest BCUT2D eigenvalue weighted by atomic mass is 9.81. The van der Waals surface area contributed by atoms with Gasteiger partial charge in [-0.3, -0.25) is 4.79 Å². The summed E-state index contributed by atoms with van der Waals surface area (Å²) in [6, 6.07) is 5.98. The number of likely N-dealkylation sites (tertiary alicyclic amines) is 1. The number of rotatable bonds is 6. The van der Waals surface area contributed by atoms with Gasteiger partial charge < -0.3 is 25.0 Å². The second-order valence-electron chi connectivity index (χ2n) is 8.88. The molecule has 2 atom stereocenters. The summed E-state index contributed by atoms with van der Waals surface area (Å²) < 4.78 is 5.40. The largest absolute Gasteiger partial charge is 0.494 e. The van der Waals surface area contributed by atoms with Crippen LogP contribution in [0.25, 0.3) is 11.0 Å². The minimum atomic E-state index is -0.790. The summed E-state index contributed by atoms with van der Waals surface area (Å²) >= 11 is 0. The molecule has 1 saturated heterocycles. The zero-order chi connectivity index (χ0) is 21.8. The molecule has 2 aliphatic rings. The number of aromatic amines is 1. The third-order valence-electron chi connectivity index (χ3n) is 6.75. The second kappa shape index (κ2) is 9.58. The molecule has 8 nitrogen and oxygen atoms in total. The number of para-hydroxylation sites is 1. The van der Waals surface area contributed by atoms with Crippen molar-refractivity contribution in [2.75, 3.05) is 20.2 Å². The Balaban J connectivity index is 1.47. The number of nitrogens with zero attached hydrogens (tertiary/aromatic N) is 2. The number of imidazole rings is 1. The molecule has 1 aliphatic carbocycles. The molecule has 2 amide bonds. The number of carboxylic acids is 1. The van der Waals surface area contributed by atoms with Crippen LogP contribution in [0.4, 0.5) is 4.79 Å². The number of hydrogen-bond acceptors (Lipinski definition) is 4. The van der Waals surface area contributed by atoms with E-state index in [-0.39, 0.29) is 30.3 Å². The van der Waals surface area contributed by atoms with E-state index in [2.05, 4.69) is 10.3 Å². The molecule has 168 valence electrons. The molecule has 31 heavy (non-hydrogen) atoms. The summed E-state index contributed by atoms with van der Waals surface area (Å²) in [6.45, 7) is 1.14. The first-order chi connectivity index (χ1) is 15.0. The number of fused-ring (bicyclic) bond motifs is 1. The number of aliphatic carboxylic acids is 1. The average Bonchev–Trinajstić information content (AvgIpc) is 3.18. The standard InChI is InChI=1S/C23H32N4O4/c1-31-19-9-5-8-18-22(19)26-20(25-18)12-16-14-27(11-10-15(16)13-21(28)29)23(30)24-17-6-3-2-4-7-17/h5,8-9,15-17H,2-4,6-7,10-14H2,1H3,(H,24,30)(H,25,26)(H,28,29)/t15-,16-/m0/s1. The zero-order valence-electron chi connectivity index (χ0n) is 18.1. The highest BCUT2D eigenvalue weighted by Crippen LogP contribution is 2.31. The molecule has 1 aromatic heterocycles. The number of carbonyl (C=O) groups excluding carboxylic acids is 1. The van der Waals surface area contributed by atoms with E-state index in [1.165, 1.54) is 19.3 Å². The highest BCUT2D eigenvalue weighted by Gasteiger charge is 2.34. The van der Waals surface area contributed by atoms with Crippen molar-refractivity contribution in [3.8, 4) is 5.75 Å². The first kappa shape index (κ1) is 21.5. The number of aromatic nitrogens is 2. The number of amides is 2. The Labute approximate surface area is 182 Å². The molecule has 0 radical (unpaired) electrons. The van der Waals surface area contributed by atoms with Crippen molar-refractivity contribution in [2.45, 2.75) is 57.4 Å². The number of benzene rings is 1. The molecular weight excluding hydrogens is 396 g/mol. The van der Waals surface area contributed by atoms with E-state index in [9.17, 15) is 14.7 Å². The van der Waals surface area contributed by atoms with E-state index in [1.54, 1.807) is 7.11 Å². The van der Waals surface area contributed by atoms with E-state index in [0.717, 1.165) is 29.7 Å². The van der Waals surface area contributed by atoms with Crippen LogP contribution >= 0.6 is 0 Å². The lowest BCUT2D eigenvalue weighted by Crippen LogP contribution is -2.51. The van der Waals surface area contributed by atoms with Gasteiger partial charge in [0.05, 0.1) is 12.6 Å². The topological polar surface area (TPSA) is 108 Å². The van der Waals surface area contributed by atoms with Crippen LogP contribution in [-0.2, 0) is 11.2 Å². The summed E-state index contributed by atoms with van der Waals surface area (Å²) in [5, 5.41) is 12.6. The zero-order valence-corrected chi connectivity index (χ0v) is 18.1. The lowest BCUT2D eigenvalue weighted by molar-refractivity contribution is -0.139. The number of urea groups is 1. The maximum atomic E-state index is 12.9. The van der Waals surface area contributed by atoms with Crippen molar-refractivity contribution in [1.82, 2.24) is 20.2 Å². The fraction of sp³-hybridized carbons (Fsp3) is 0.609. The van der Waals surface area contributed by atoms with Gasteiger partial charge in [0.2, 0.25) is 0 Å². The number of hydrogen-bond donors (Lipinski definition) is 3. The van der Waals surface area contributed by atoms with Gasteiger partial charge in [-0.2, -0.15) is 0 Å². The molecule has 2 fully saturated rings. The number of carboxylic acid groups (broad SMARTS) is 1. The quantitative estimate of drug-likeness (QED) is 0.652. The van der Waals surface area contributed by atoms with Gasteiger partial charge in [-0.15, -0.1) is 0 Å². The monoisotopic (exact) mass is 428 g/mol. The minimum absolute atomic E-state index is 0.0167. The average molecular weight is 429 g/mol. The molecule has 0 spiro atoms. The van der Waals surface area contributed by atoms with Crippen LogP contribution in [0.5, 0.6) is 5.75 Å². The Morgan fingerprint density at radius 1 is 1.23 bits per heavy atom. The van der Waals surface area contributed by atoms with Gasteiger partial charge in [0.25, 0.3) is 0 Å². The lowest BCUT2D eigenvalue weighted by Gasteiger charge is -2.38. The Kier molecular flexibility index (Phi) is 6.63. The molecule has 1 saturated carbocycles. The smallest absolute Gasteiger partial charge is 0.317 e. The van der Waals surface area contributed by atoms with Gasteiger partial charge >= 0.3 is 12.0 Å². The molecule has 0 unspecified atom stereocenters. The third kappa shape index (κ3) is 5.11. The fourth-order valence-electron chi connectivity index (χ4n) is 5.07. The highest BCUT2D eigenvalue weighted by molar-refractivity contribution is 5.81. The van der Waals surface area contributed by atoms with Crippen LogP contribution in [0.2, 0.25) is 0 Å². The summed E-state index contributed by atoms with van der Waals surface area (Å²) in [5.41, 5.74) is 1.67. The van der Waals surface area contributed by atoms with Crippen LogP contribution in [0.3, 0.4) is 0 Å². The first-order valence-electron chi connectivity index (χ1n) is 11.3. The van der Waals surface area contributed by atoms with E-state index in [0.29, 0.717) is 31.7 Å². The number of nitrogens with one attached hydrogen (secondary N) is 2.